The number of amides is 1. The summed E-state index contributed by atoms with van der Waals surface area (Å²) in [6.45, 7) is 1.93. The number of nitrogens with one attached hydrogen (secondary N) is 1. The molecule has 2 N–H and O–H groups in total. The van der Waals surface area contributed by atoms with Crippen molar-refractivity contribution in [2.24, 2.45) is 0 Å². The van der Waals surface area contributed by atoms with E-state index in [0.29, 0.717) is 32.6 Å². The van der Waals surface area contributed by atoms with Gasteiger partial charge in [0.1, 0.15) is 13.2 Å². The molecule has 1 aromatic rings. The van der Waals surface area contributed by atoms with Gasteiger partial charge in [-0.05, 0) is 37.0 Å². The molecule has 5 heteroatoms. The summed E-state index contributed by atoms with van der Waals surface area (Å²) >= 11 is 0. The van der Waals surface area contributed by atoms with Crippen LogP contribution in [0.1, 0.15) is 24.8 Å². The molecule has 0 aliphatic carbocycles. The Morgan fingerprint density at radius 3 is 2.80 bits per heavy atom. The Morgan fingerprint density at radius 1 is 1.20 bits per heavy atom. The molecule has 0 spiro atoms. The lowest BCUT2D eigenvalue weighted by Crippen LogP contribution is -2.25. The lowest BCUT2D eigenvalue weighted by Gasteiger charge is -2.18. The number of aliphatic hydroxyl groups excluding tert-OH is 1. The van der Waals surface area contributed by atoms with Gasteiger partial charge >= 0.3 is 0 Å². The van der Waals surface area contributed by atoms with Crippen LogP contribution in [-0.4, -0.2) is 37.4 Å². The Hall–Kier alpha value is -1.75. The fourth-order valence-corrected chi connectivity index (χ4v) is 2.08. The summed E-state index contributed by atoms with van der Waals surface area (Å²) in [5.74, 6) is 1.60. The molecule has 0 atom stereocenters. The quantitative estimate of drug-likeness (QED) is 0.738. The Bertz CT molecular complexity index is 447. The van der Waals surface area contributed by atoms with Gasteiger partial charge in [0.2, 0.25) is 5.91 Å². The summed E-state index contributed by atoms with van der Waals surface area (Å²) in [6, 6.07) is 5.87. The second-order valence-electron chi connectivity index (χ2n) is 4.76. The van der Waals surface area contributed by atoms with Gasteiger partial charge in [-0.25, -0.2) is 0 Å². The number of rotatable bonds is 7. The van der Waals surface area contributed by atoms with Gasteiger partial charge in [-0.3, -0.25) is 4.79 Å². The van der Waals surface area contributed by atoms with Gasteiger partial charge in [0.25, 0.3) is 0 Å². The standard InChI is InChI=1S/C15H21NO4/c17-8-2-1-3-15(18)16-7-6-12-4-5-13-14(11-12)20-10-9-19-13/h4-5,11,17H,1-3,6-10H2,(H,16,18). The molecule has 1 amide bonds. The molecule has 1 aromatic carbocycles. The van der Waals surface area contributed by atoms with Gasteiger partial charge in [-0.2, -0.15) is 0 Å². The molecular formula is C15H21NO4. The smallest absolute Gasteiger partial charge is 0.220 e. The van der Waals surface area contributed by atoms with Crippen molar-refractivity contribution in [1.82, 2.24) is 5.32 Å². The summed E-state index contributed by atoms with van der Waals surface area (Å²) in [6.07, 6.45) is 2.64. The number of unbranched alkanes of at least 4 members (excludes halogenated alkanes) is 1. The molecule has 0 saturated heterocycles. The number of hydrogen-bond acceptors (Lipinski definition) is 4. The molecule has 0 aromatic heterocycles. The molecule has 0 fully saturated rings. The van der Waals surface area contributed by atoms with Crippen LogP contribution >= 0.6 is 0 Å². The van der Waals surface area contributed by atoms with Crippen LogP contribution in [0.4, 0.5) is 0 Å². The van der Waals surface area contributed by atoms with Crippen LogP contribution in [0.2, 0.25) is 0 Å². The number of benzene rings is 1. The molecule has 0 saturated carbocycles. The van der Waals surface area contributed by atoms with E-state index < -0.39 is 0 Å². The van der Waals surface area contributed by atoms with Crippen molar-refractivity contribution < 1.29 is 19.4 Å². The van der Waals surface area contributed by atoms with Crippen LogP contribution in [0.5, 0.6) is 11.5 Å². The normalized spacial score (nSPS) is 13.1. The van der Waals surface area contributed by atoms with E-state index >= 15 is 0 Å². The Kier molecular flexibility index (Phi) is 5.68. The summed E-state index contributed by atoms with van der Waals surface area (Å²) < 4.78 is 11.0. The topological polar surface area (TPSA) is 67.8 Å². The largest absolute Gasteiger partial charge is 0.486 e. The molecule has 20 heavy (non-hydrogen) atoms. The zero-order valence-corrected chi connectivity index (χ0v) is 11.6. The molecule has 5 nitrogen and oxygen atoms in total. The summed E-state index contributed by atoms with van der Waals surface area (Å²) in [5.41, 5.74) is 1.12. The minimum atomic E-state index is 0.0380. The molecule has 0 radical (unpaired) electrons. The molecule has 1 heterocycles. The van der Waals surface area contributed by atoms with Crippen LogP contribution in [0.3, 0.4) is 0 Å². The van der Waals surface area contributed by atoms with Gasteiger partial charge in [0.05, 0.1) is 0 Å². The predicted octanol–water partition coefficient (Wildman–Crippen LogP) is 1.28. The first-order chi connectivity index (χ1) is 9.79. The monoisotopic (exact) mass is 279 g/mol. The minimum Gasteiger partial charge on any atom is -0.486 e. The van der Waals surface area contributed by atoms with E-state index in [0.717, 1.165) is 29.9 Å². The summed E-state index contributed by atoms with van der Waals surface area (Å²) in [4.78, 5) is 11.5. The fraction of sp³-hybridized carbons (Fsp3) is 0.533. The average Bonchev–Trinajstić information content (AvgIpc) is 2.47. The Balaban J connectivity index is 1.72. The van der Waals surface area contributed by atoms with E-state index in [1.807, 2.05) is 18.2 Å². The SMILES string of the molecule is O=C(CCCCO)NCCc1ccc2c(c1)OCCO2. The highest BCUT2D eigenvalue weighted by Gasteiger charge is 2.11. The van der Waals surface area contributed by atoms with Crippen molar-refractivity contribution >= 4 is 5.91 Å². The summed E-state index contributed by atoms with van der Waals surface area (Å²) in [5, 5.41) is 11.5. The van der Waals surface area contributed by atoms with Crippen LogP contribution in [0.25, 0.3) is 0 Å². The van der Waals surface area contributed by atoms with Crippen LogP contribution in [0.15, 0.2) is 18.2 Å². The first-order valence-electron chi connectivity index (χ1n) is 7.05. The van der Waals surface area contributed by atoms with E-state index in [9.17, 15) is 4.79 Å². The van der Waals surface area contributed by atoms with Crippen molar-refractivity contribution in [3.05, 3.63) is 23.8 Å². The van der Waals surface area contributed by atoms with E-state index in [4.69, 9.17) is 14.6 Å². The van der Waals surface area contributed by atoms with Gasteiger partial charge in [-0.1, -0.05) is 6.07 Å². The predicted molar refractivity (Wildman–Crippen MR) is 75.1 cm³/mol. The van der Waals surface area contributed by atoms with Gasteiger partial charge in [0.15, 0.2) is 11.5 Å². The maximum absolute atomic E-state index is 11.5. The van der Waals surface area contributed by atoms with E-state index in [1.165, 1.54) is 0 Å². The van der Waals surface area contributed by atoms with E-state index in [-0.39, 0.29) is 12.5 Å². The third kappa shape index (κ3) is 4.42. The van der Waals surface area contributed by atoms with Crippen molar-refractivity contribution in [3.63, 3.8) is 0 Å². The number of carbonyl (C=O) groups excluding carboxylic acids is 1. The maximum Gasteiger partial charge on any atom is 0.220 e. The number of carbonyl (C=O) groups is 1. The highest BCUT2D eigenvalue weighted by atomic mass is 16.6. The van der Waals surface area contributed by atoms with E-state index in [2.05, 4.69) is 5.32 Å². The van der Waals surface area contributed by atoms with Crippen molar-refractivity contribution in [2.45, 2.75) is 25.7 Å². The first kappa shape index (κ1) is 14.7. The highest BCUT2D eigenvalue weighted by molar-refractivity contribution is 5.75. The van der Waals surface area contributed by atoms with Crippen molar-refractivity contribution in [2.75, 3.05) is 26.4 Å². The van der Waals surface area contributed by atoms with Gasteiger partial charge < -0.3 is 19.9 Å². The molecule has 0 unspecified atom stereocenters. The number of ether oxygens (including phenoxy) is 2. The van der Waals surface area contributed by atoms with Crippen LogP contribution in [-0.2, 0) is 11.2 Å². The lowest BCUT2D eigenvalue weighted by molar-refractivity contribution is -0.121. The van der Waals surface area contributed by atoms with E-state index in [1.54, 1.807) is 0 Å². The first-order valence-corrected chi connectivity index (χ1v) is 7.05. The molecular weight excluding hydrogens is 258 g/mol. The summed E-state index contributed by atoms with van der Waals surface area (Å²) in [7, 11) is 0. The molecule has 1 aliphatic heterocycles. The molecule has 2 rings (SSSR count). The molecule has 0 bridgehead atoms. The average molecular weight is 279 g/mol. The van der Waals surface area contributed by atoms with Crippen molar-refractivity contribution in [1.29, 1.82) is 0 Å². The number of aliphatic hydroxyl groups is 1. The molecule has 1 aliphatic rings. The zero-order valence-electron chi connectivity index (χ0n) is 11.6. The minimum absolute atomic E-state index is 0.0380. The second-order valence-corrected chi connectivity index (χ2v) is 4.76. The van der Waals surface area contributed by atoms with Crippen LogP contribution in [0, 0.1) is 0 Å². The lowest BCUT2D eigenvalue weighted by atomic mass is 10.1. The Labute approximate surface area is 118 Å². The van der Waals surface area contributed by atoms with Gasteiger partial charge in [0, 0.05) is 19.6 Å². The number of hydrogen-bond donors (Lipinski definition) is 2. The molecule has 110 valence electrons. The van der Waals surface area contributed by atoms with Crippen molar-refractivity contribution in [3.8, 4) is 11.5 Å². The third-order valence-corrected chi connectivity index (χ3v) is 3.15. The zero-order chi connectivity index (χ0) is 14.2. The highest BCUT2D eigenvalue weighted by Crippen LogP contribution is 2.30. The maximum atomic E-state index is 11.5. The van der Waals surface area contributed by atoms with Gasteiger partial charge in [-0.15, -0.1) is 0 Å². The second kappa shape index (κ2) is 7.75. The fourth-order valence-electron chi connectivity index (χ4n) is 2.08. The third-order valence-electron chi connectivity index (χ3n) is 3.15. The Morgan fingerprint density at radius 2 is 2.00 bits per heavy atom. The van der Waals surface area contributed by atoms with Crippen LogP contribution < -0.4 is 14.8 Å². The number of fused-ring (bicyclic) bond motifs is 1.